The third kappa shape index (κ3) is 6.62. The molecule has 0 aliphatic heterocycles. The summed E-state index contributed by atoms with van der Waals surface area (Å²) in [5.41, 5.74) is 1.35. The SMILES string of the molecule is C=C(CC)C(/C=C\C)C(C)C.CC. The van der Waals surface area contributed by atoms with Crippen LogP contribution >= 0.6 is 0 Å². The van der Waals surface area contributed by atoms with Crippen molar-refractivity contribution in [1.82, 2.24) is 0 Å². The van der Waals surface area contributed by atoms with E-state index in [1.807, 2.05) is 13.8 Å². The summed E-state index contributed by atoms with van der Waals surface area (Å²) in [6.07, 6.45) is 5.45. The van der Waals surface area contributed by atoms with Crippen molar-refractivity contribution in [3.8, 4) is 0 Å². The smallest absolute Gasteiger partial charge is 0.000315 e. The summed E-state index contributed by atoms with van der Waals surface area (Å²) in [5, 5.41) is 0. The van der Waals surface area contributed by atoms with Gasteiger partial charge in [0.2, 0.25) is 0 Å². The van der Waals surface area contributed by atoms with E-state index in [9.17, 15) is 0 Å². The van der Waals surface area contributed by atoms with Gasteiger partial charge in [0, 0.05) is 0 Å². The molecule has 0 spiro atoms. The molecule has 0 aromatic carbocycles. The lowest BCUT2D eigenvalue weighted by Gasteiger charge is -2.18. The Kier molecular flexibility index (Phi) is 11.0. The molecule has 1 atom stereocenters. The van der Waals surface area contributed by atoms with Crippen LogP contribution in [0.3, 0.4) is 0 Å². The van der Waals surface area contributed by atoms with Crippen LogP contribution in [0, 0.1) is 11.8 Å². The molecule has 0 aromatic rings. The lowest BCUT2D eigenvalue weighted by molar-refractivity contribution is 0.516. The number of hydrogen-bond acceptors (Lipinski definition) is 0. The van der Waals surface area contributed by atoms with Crippen LogP contribution in [0.2, 0.25) is 0 Å². The summed E-state index contributed by atoms with van der Waals surface area (Å²) in [4.78, 5) is 0. The summed E-state index contributed by atoms with van der Waals surface area (Å²) in [7, 11) is 0. The van der Waals surface area contributed by atoms with Crippen LogP contribution in [-0.4, -0.2) is 0 Å². The van der Waals surface area contributed by atoms with Crippen LogP contribution in [0.4, 0.5) is 0 Å². The van der Waals surface area contributed by atoms with Gasteiger partial charge in [-0.15, -0.1) is 0 Å². The van der Waals surface area contributed by atoms with Gasteiger partial charge in [0.25, 0.3) is 0 Å². The second kappa shape index (κ2) is 9.57. The maximum Gasteiger partial charge on any atom is -0.000315 e. The first-order valence-electron chi connectivity index (χ1n) is 5.43. The fourth-order valence-corrected chi connectivity index (χ4v) is 1.27. The molecule has 0 N–H and O–H groups in total. The van der Waals surface area contributed by atoms with Crippen molar-refractivity contribution in [2.75, 3.05) is 0 Å². The number of hydrogen-bond donors (Lipinski definition) is 0. The lowest BCUT2D eigenvalue weighted by Crippen LogP contribution is -2.07. The molecule has 0 amide bonds. The topological polar surface area (TPSA) is 0 Å². The van der Waals surface area contributed by atoms with Crippen molar-refractivity contribution in [3.05, 3.63) is 24.3 Å². The van der Waals surface area contributed by atoms with Gasteiger partial charge in [-0.05, 0) is 25.2 Å². The zero-order chi connectivity index (χ0) is 10.9. The molecule has 0 rings (SSSR count). The van der Waals surface area contributed by atoms with Crippen LogP contribution in [0.15, 0.2) is 24.3 Å². The second-order valence-electron chi connectivity index (χ2n) is 3.31. The molecule has 0 fully saturated rings. The first-order chi connectivity index (χ1) is 6.13. The monoisotopic (exact) mass is 182 g/mol. The van der Waals surface area contributed by atoms with Crippen molar-refractivity contribution in [1.29, 1.82) is 0 Å². The van der Waals surface area contributed by atoms with Gasteiger partial charge < -0.3 is 0 Å². The van der Waals surface area contributed by atoms with Gasteiger partial charge in [-0.25, -0.2) is 0 Å². The van der Waals surface area contributed by atoms with Crippen molar-refractivity contribution >= 4 is 0 Å². The fraction of sp³-hybridized carbons (Fsp3) is 0.692. The van der Waals surface area contributed by atoms with E-state index in [0.717, 1.165) is 6.42 Å². The molecular weight excluding hydrogens is 156 g/mol. The highest BCUT2D eigenvalue weighted by Gasteiger charge is 2.10. The Labute approximate surface area is 84.7 Å². The number of allylic oxidation sites excluding steroid dienone is 3. The maximum absolute atomic E-state index is 4.06. The third-order valence-electron chi connectivity index (χ3n) is 2.04. The largest absolute Gasteiger partial charge is 0.0993 e. The molecule has 0 saturated carbocycles. The molecule has 0 aliphatic carbocycles. The van der Waals surface area contributed by atoms with Crippen LogP contribution < -0.4 is 0 Å². The van der Waals surface area contributed by atoms with E-state index in [2.05, 4.69) is 46.4 Å². The predicted molar refractivity (Wildman–Crippen MR) is 63.9 cm³/mol. The second-order valence-corrected chi connectivity index (χ2v) is 3.31. The van der Waals surface area contributed by atoms with E-state index in [1.165, 1.54) is 5.57 Å². The Hall–Kier alpha value is -0.520. The molecule has 0 aliphatic rings. The number of rotatable bonds is 4. The van der Waals surface area contributed by atoms with E-state index < -0.39 is 0 Å². The van der Waals surface area contributed by atoms with Gasteiger partial charge in [0.15, 0.2) is 0 Å². The van der Waals surface area contributed by atoms with Crippen LogP contribution in [0.5, 0.6) is 0 Å². The Morgan fingerprint density at radius 1 is 1.31 bits per heavy atom. The quantitative estimate of drug-likeness (QED) is 0.546. The molecule has 0 radical (unpaired) electrons. The summed E-state index contributed by atoms with van der Waals surface area (Å²) >= 11 is 0. The van der Waals surface area contributed by atoms with Gasteiger partial charge >= 0.3 is 0 Å². The summed E-state index contributed by atoms with van der Waals surface area (Å²) < 4.78 is 0. The minimum atomic E-state index is 0.574. The van der Waals surface area contributed by atoms with Gasteiger partial charge in [0.1, 0.15) is 0 Å². The fourth-order valence-electron chi connectivity index (χ4n) is 1.27. The van der Waals surface area contributed by atoms with Crippen molar-refractivity contribution < 1.29 is 0 Å². The summed E-state index contributed by atoms with van der Waals surface area (Å²) in [6, 6.07) is 0. The maximum atomic E-state index is 4.06. The molecule has 0 heteroatoms. The highest BCUT2D eigenvalue weighted by atomic mass is 14.2. The Morgan fingerprint density at radius 3 is 2.00 bits per heavy atom. The van der Waals surface area contributed by atoms with E-state index in [-0.39, 0.29) is 0 Å². The molecule has 13 heavy (non-hydrogen) atoms. The van der Waals surface area contributed by atoms with Crippen molar-refractivity contribution in [3.63, 3.8) is 0 Å². The third-order valence-corrected chi connectivity index (χ3v) is 2.04. The van der Waals surface area contributed by atoms with Crippen molar-refractivity contribution in [2.45, 2.75) is 48.0 Å². The molecule has 0 heterocycles. The van der Waals surface area contributed by atoms with Gasteiger partial charge in [0.05, 0.1) is 0 Å². The van der Waals surface area contributed by atoms with Crippen LogP contribution in [0.25, 0.3) is 0 Å². The Bertz CT molecular complexity index is 140. The Morgan fingerprint density at radius 2 is 1.77 bits per heavy atom. The van der Waals surface area contributed by atoms with Gasteiger partial charge in [-0.2, -0.15) is 0 Å². The average molecular weight is 182 g/mol. The highest BCUT2D eigenvalue weighted by Crippen LogP contribution is 2.22. The van der Waals surface area contributed by atoms with E-state index >= 15 is 0 Å². The summed E-state index contributed by atoms with van der Waals surface area (Å²) in [5.74, 6) is 1.25. The molecule has 78 valence electrons. The lowest BCUT2D eigenvalue weighted by atomic mass is 9.87. The molecule has 0 aromatic heterocycles. The Balaban J connectivity index is 0. The summed E-state index contributed by atoms with van der Waals surface area (Å²) in [6.45, 7) is 16.8. The van der Waals surface area contributed by atoms with Crippen LogP contribution in [-0.2, 0) is 0 Å². The zero-order valence-corrected chi connectivity index (χ0v) is 10.2. The van der Waals surface area contributed by atoms with Gasteiger partial charge in [-0.1, -0.05) is 58.9 Å². The highest BCUT2D eigenvalue weighted by molar-refractivity contribution is 5.09. The zero-order valence-electron chi connectivity index (χ0n) is 10.2. The molecule has 0 bridgehead atoms. The molecule has 0 saturated heterocycles. The van der Waals surface area contributed by atoms with E-state index in [0.29, 0.717) is 11.8 Å². The van der Waals surface area contributed by atoms with Gasteiger partial charge in [-0.3, -0.25) is 0 Å². The minimum absolute atomic E-state index is 0.574. The van der Waals surface area contributed by atoms with E-state index in [1.54, 1.807) is 0 Å². The van der Waals surface area contributed by atoms with Crippen molar-refractivity contribution in [2.24, 2.45) is 11.8 Å². The normalized spacial score (nSPS) is 12.5. The van der Waals surface area contributed by atoms with Crippen LogP contribution in [0.1, 0.15) is 48.0 Å². The van der Waals surface area contributed by atoms with E-state index in [4.69, 9.17) is 0 Å². The first-order valence-corrected chi connectivity index (χ1v) is 5.43. The first kappa shape index (κ1) is 15.0. The standard InChI is InChI=1S/C11H20.C2H6/c1-6-8-11(9(3)4)10(5)7-2;1-2/h6,8-9,11H,5,7H2,1-4H3;1-2H3/b8-6-;. The molecular formula is C13H26. The minimum Gasteiger partial charge on any atom is -0.0993 e. The molecule has 1 unspecified atom stereocenters. The average Bonchev–Trinajstić information content (AvgIpc) is 2.15. The predicted octanol–water partition coefficient (Wildman–Crippen LogP) is 4.83. The molecule has 0 nitrogen and oxygen atoms in total.